The molecule has 0 saturated heterocycles. The maximum Gasteiger partial charge on any atom is 0.110 e. The second-order valence-corrected chi connectivity index (χ2v) is 5.48. The summed E-state index contributed by atoms with van der Waals surface area (Å²) in [4.78, 5) is 8.96. The molecule has 1 atom stereocenters. The van der Waals surface area contributed by atoms with Crippen LogP contribution in [0.3, 0.4) is 0 Å². The zero-order valence-electron chi connectivity index (χ0n) is 13.3. The SMILES string of the molecule is CCCNC(Cc1nccn1CCC)c1ccc(C)nc1. The molecule has 2 aromatic heterocycles. The maximum atomic E-state index is 4.53. The lowest BCUT2D eigenvalue weighted by molar-refractivity contribution is 0.501. The summed E-state index contributed by atoms with van der Waals surface area (Å²) in [7, 11) is 0. The summed E-state index contributed by atoms with van der Waals surface area (Å²) in [6, 6.07) is 4.52. The second-order valence-electron chi connectivity index (χ2n) is 5.48. The average molecular weight is 286 g/mol. The summed E-state index contributed by atoms with van der Waals surface area (Å²) in [5, 5.41) is 3.62. The molecule has 0 fully saturated rings. The lowest BCUT2D eigenvalue weighted by Crippen LogP contribution is -2.25. The van der Waals surface area contributed by atoms with Gasteiger partial charge in [0, 0.05) is 43.3 Å². The Morgan fingerprint density at radius 2 is 2.05 bits per heavy atom. The van der Waals surface area contributed by atoms with Gasteiger partial charge in [-0.15, -0.1) is 0 Å². The summed E-state index contributed by atoms with van der Waals surface area (Å²) in [5.74, 6) is 1.14. The number of hydrogen-bond donors (Lipinski definition) is 1. The highest BCUT2D eigenvalue weighted by Gasteiger charge is 2.15. The molecule has 0 saturated carbocycles. The first-order chi connectivity index (χ1) is 10.2. The highest BCUT2D eigenvalue weighted by molar-refractivity contribution is 5.18. The van der Waals surface area contributed by atoms with Crippen molar-refractivity contribution < 1.29 is 0 Å². The number of nitrogens with zero attached hydrogens (tertiary/aromatic N) is 3. The highest BCUT2D eigenvalue weighted by Crippen LogP contribution is 2.18. The van der Waals surface area contributed by atoms with Gasteiger partial charge < -0.3 is 9.88 Å². The summed E-state index contributed by atoms with van der Waals surface area (Å²) < 4.78 is 2.25. The van der Waals surface area contributed by atoms with Crippen LogP contribution < -0.4 is 5.32 Å². The van der Waals surface area contributed by atoms with E-state index in [-0.39, 0.29) is 6.04 Å². The molecule has 0 aliphatic rings. The zero-order chi connectivity index (χ0) is 15.1. The van der Waals surface area contributed by atoms with Gasteiger partial charge in [-0.1, -0.05) is 19.9 Å². The molecule has 0 aromatic carbocycles. The molecule has 2 rings (SSSR count). The number of rotatable bonds is 8. The quantitative estimate of drug-likeness (QED) is 0.810. The molecule has 114 valence electrons. The normalized spacial score (nSPS) is 12.5. The number of imidazole rings is 1. The topological polar surface area (TPSA) is 42.7 Å². The van der Waals surface area contributed by atoms with Crippen LogP contribution in [0.25, 0.3) is 0 Å². The van der Waals surface area contributed by atoms with Crippen molar-refractivity contribution in [2.45, 2.75) is 52.6 Å². The lowest BCUT2D eigenvalue weighted by atomic mass is 10.0. The van der Waals surface area contributed by atoms with E-state index in [4.69, 9.17) is 0 Å². The third-order valence-electron chi connectivity index (χ3n) is 3.63. The van der Waals surface area contributed by atoms with Gasteiger partial charge in [0.25, 0.3) is 0 Å². The Balaban J connectivity index is 2.15. The van der Waals surface area contributed by atoms with E-state index < -0.39 is 0 Å². The van der Waals surface area contributed by atoms with Crippen molar-refractivity contribution in [3.05, 3.63) is 47.8 Å². The van der Waals surface area contributed by atoms with E-state index >= 15 is 0 Å². The molecule has 1 N–H and O–H groups in total. The fraction of sp³-hybridized carbons (Fsp3) is 0.529. The third kappa shape index (κ3) is 4.39. The van der Waals surface area contributed by atoms with E-state index in [0.29, 0.717) is 0 Å². The minimum Gasteiger partial charge on any atom is -0.335 e. The molecule has 2 aromatic rings. The van der Waals surface area contributed by atoms with E-state index in [9.17, 15) is 0 Å². The minimum atomic E-state index is 0.274. The van der Waals surface area contributed by atoms with Crippen LogP contribution in [0.15, 0.2) is 30.7 Å². The van der Waals surface area contributed by atoms with Crippen molar-refractivity contribution in [3.63, 3.8) is 0 Å². The number of pyridine rings is 1. The Labute approximate surface area is 127 Å². The van der Waals surface area contributed by atoms with Gasteiger partial charge in [-0.05, 0) is 37.9 Å². The van der Waals surface area contributed by atoms with Crippen LogP contribution in [-0.2, 0) is 13.0 Å². The molecule has 4 nitrogen and oxygen atoms in total. The van der Waals surface area contributed by atoms with Crippen LogP contribution in [0, 0.1) is 6.92 Å². The largest absolute Gasteiger partial charge is 0.335 e. The molecule has 2 heterocycles. The zero-order valence-corrected chi connectivity index (χ0v) is 13.3. The van der Waals surface area contributed by atoms with Gasteiger partial charge >= 0.3 is 0 Å². The van der Waals surface area contributed by atoms with Gasteiger partial charge in [-0.2, -0.15) is 0 Å². The second kappa shape index (κ2) is 7.93. The molecule has 4 heteroatoms. The molecule has 0 aliphatic carbocycles. The van der Waals surface area contributed by atoms with Crippen molar-refractivity contribution in [2.24, 2.45) is 0 Å². The van der Waals surface area contributed by atoms with Crippen molar-refractivity contribution in [1.82, 2.24) is 19.9 Å². The van der Waals surface area contributed by atoms with Crippen LogP contribution in [0.2, 0.25) is 0 Å². The monoisotopic (exact) mass is 286 g/mol. The van der Waals surface area contributed by atoms with Crippen LogP contribution >= 0.6 is 0 Å². The minimum absolute atomic E-state index is 0.274. The van der Waals surface area contributed by atoms with E-state index in [1.165, 1.54) is 5.56 Å². The predicted molar refractivity (Wildman–Crippen MR) is 86.2 cm³/mol. The highest BCUT2D eigenvalue weighted by atomic mass is 15.1. The van der Waals surface area contributed by atoms with Crippen molar-refractivity contribution in [1.29, 1.82) is 0 Å². The lowest BCUT2D eigenvalue weighted by Gasteiger charge is -2.19. The first-order valence-electron chi connectivity index (χ1n) is 7.90. The van der Waals surface area contributed by atoms with Gasteiger partial charge in [0.2, 0.25) is 0 Å². The summed E-state index contributed by atoms with van der Waals surface area (Å²) >= 11 is 0. The fourth-order valence-corrected chi connectivity index (χ4v) is 2.47. The molecule has 21 heavy (non-hydrogen) atoms. The molecule has 0 aliphatic heterocycles. The number of nitrogens with one attached hydrogen (secondary N) is 1. The Hall–Kier alpha value is -1.68. The maximum absolute atomic E-state index is 4.53. The average Bonchev–Trinajstić information content (AvgIpc) is 2.92. The summed E-state index contributed by atoms with van der Waals surface area (Å²) in [6.45, 7) is 8.44. The van der Waals surface area contributed by atoms with Crippen LogP contribution in [-0.4, -0.2) is 21.1 Å². The van der Waals surface area contributed by atoms with Gasteiger partial charge in [0.1, 0.15) is 5.82 Å². The standard InChI is InChI=1S/C17H26N4/c1-4-8-18-16(15-7-6-14(3)20-13-15)12-17-19-9-11-21(17)10-5-2/h6-7,9,11,13,16,18H,4-5,8,10,12H2,1-3H3. The number of aryl methyl sites for hydroxylation is 2. The molecule has 0 amide bonds. The van der Waals surface area contributed by atoms with Crippen molar-refractivity contribution in [3.8, 4) is 0 Å². The van der Waals surface area contributed by atoms with Gasteiger partial charge in [-0.3, -0.25) is 4.98 Å². The van der Waals surface area contributed by atoms with Gasteiger partial charge in [0.05, 0.1) is 0 Å². The van der Waals surface area contributed by atoms with E-state index in [1.54, 1.807) is 0 Å². The first kappa shape index (κ1) is 15.7. The van der Waals surface area contributed by atoms with Crippen LogP contribution in [0.1, 0.15) is 49.8 Å². The van der Waals surface area contributed by atoms with E-state index in [2.05, 4.69) is 52.0 Å². The number of aromatic nitrogens is 3. The molecule has 0 spiro atoms. The van der Waals surface area contributed by atoms with Gasteiger partial charge in [0.15, 0.2) is 0 Å². The Morgan fingerprint density at radius 1 is 1.19 bits per heavy atom. The number of hydrogen-bond acceptors (Lipinski definition) is 3. The molecule has 1 unspecified atom stereocenters. The van der Waals surface area contributed by atoms with E-state index in [0.717, 1.165) is 43.9 Å². The predicted octanol–water partition coefficient (Wildman–Crippen LogP) is 3.28. The smallest absolute Gasteiger partial charge is 0.110 e. The van der Waals surface area contributed by atoms with Gasteiger partial charge in [-0.25, -0.2) is 4.98 Å². The summed E-state index contributed by atoms with van der Waals surface area (Å²) in [5.41, 5.74) is 2.29. The van der Waals surface area contributed by atoms with Crippen molar-refractivity contribution >= 4 is 0 Å². The molecule has 0 radical (unpaired) electrons. The first-order valence-corrected chi connectivity index (χ1v) is 7.90. The van der Waals surface area contributed by atoms with Crippen LogP contribution in [0.5, 0.6) is 0 Å². The fourth-order valence-electron chi connectivity index (χ4n) is 2.47. The Morgan fingerprint density at radius 3 is 2.71 bits per heavy atom. The van der Waals surface area contributed by atoms with Crippen molar-refractivity contribution in [2.75, 3.05) is 6.54 Å². The summed E-state index contributed by atoms with van der Waals surface area (Å²) in [6.07, 6.45) is 9.10. The third-order valence-corrected chi connectivity index (χ3v) is 3.63. The van der Waals surface area contributed by atoms with Crippen LogP contribution in [0.4, 0.5) is 0 Å². The molecular weight excluding hydrogens is 260 g/mol. The molecular formula is C17H26N4. The molecule has 0 bridgehead atoms. The van der Waals surface area contributed by atoms with E-state index in [1.807, 2.05) is 19.3 Å². The Bertz CT molecular complexity index is 530. The Kier molecular flexibility index (Phi) is 5.93.